The van der Waals surface area contributed by atoms with Crippen molar-refractivity contribution >= 4 is 0 Å². The summed E-state index contributed by atoms with van der Waals surface area (Å²) in [6, 6.07) is 3.76. The average Bonchev–Trinajstić information content (AvgIpc) is 2.26. The van der Waals surface area contributed by atoms with Crippen molar-refractivity contribution in [2.75, 3.05) is 13.1 Å². The van der Waals surface area contributed by atoms with E-state index < -0.39 is 11.6 Å². The topological polar surface area (TPSA) is 12.0 Å². The Labute approximate surface area is 102 Å². The maximum absolute atomic E-state index is 13.0. The molecule has 1 nitrogen and oxygen atoms in total. The van der Waals surface area contributed by atoms with Crippen molar-refractivity contribution in [3.8, 4) is 0 Å². The third kappa shape index (κ3) is 5.26. The van der Waals surface area contributed by atoms with Crippen molar-refractivity contribution < 1.29 is 8.78 Å². The lowest BCUT2D eigenvalue weighted by Crippen LogP contribution is -2.24. The number of hydrogen-bond acceptors (Lipinski definition) is 1. The Morgan fingerprint density at radius 1 is 1.12 bits per heavy atom. The summed E-state index contributed by atoms with van der Waals surface area (Å²) in [6.07, 6.45) is 2.84. The van der Waals surface area contributed by atoms with Gasteiger partial charge in [-0.1, -0.05) is 20.3 Å². The van der Waals surface area contributed by atoms with Crippen molar-refractivity contribution in [2.24, 2.45) is 5.92 Å². The number of rotatable bonds is 7. The first-order valence-corrected chi connectivity index (χ1v) is 6.31. The van der Waals surface area contributed by atoms with E-state index in [0.29, 0.717) is 5.92 Å². The maximum Gasteiger partial charge on any atom is 0.126 e. The Morgan fingerprint density at radius 2 is 1.76 bits per heavy atom. The van der Waals surface area contributed by atoms with Gasteiger partial charge in [0, 0.05) is 6.07 Å². The molecular weight excluding hydrogens is 220 g/mol. The highest BCUT2D eigenvalue weighted by molar-refractivity contribution is 5.18. The highest BCUT2D eigenvalue weighted by atomic mass is 19.1. The van der Waals surface area contributed by atoms with Crippen LogP contribution in [-0.2, 0) is 6.42 Å². The van der Waals surface area contributed by atoms with Gasteiger partial charge in [-0.15, -0.1) is 0 Å². The second kappa shape index (κ2) is 7.38. The Hall–Kier alpha value is -0.960. The Balaban J connectivity index is 2.54. The van der Waals surface area contributed by atoms with Gasteiger partial charge in [-0.05, 0) is 49.5 Å². The quantitative estimate of drug-likeness (QED) is 0.720. The summed E-state index contributed by atoms with van der Waals surface area (Å²) in [5.41, 5.74) is 0.743. The van der Waals surface area contributed by atoms with Gasteiger partial charge in [-0.2, -0.15) is 0 Å². The van der Waals surface area contributed by atoms with E-state index in [-0.39, 0.29) is 0 Å². The maximum atomic E-state index is 13.0. The number of benzene rings is 1. The number of nitrogens with one attached hydrogen (secondary N) is 1. The molecule has 0 aliphatic heterocycles. The van der Waals surface area contributed by atoms with E-state index in [2.05, 4.69) is 19.2 Å². The fourth-order valence-electron chi connectivity index (χ4n) is 1.91. The van der Waals surface area contributed by atoms with Gasteiger partial charge in [-0.3, -0.25) is 0 Å². The molecule has 96 valence electrons. The molecule has 0 aliphatic carbocycles. The lowest BCUT2D eigenvalue weighted by Gasteiger charge is -2.15. The van der Waals surface area contributed by atoms with E-state index in [9.17, 15) is 8.78 Å². The molecular formula is C14H21F2N. The predicted octanol–water partition coefficient (Wildman–Crippen LogP) is 3.53. The van der Waals surface area contributed by atoms with Crippen LogP contribution in [0.4, 0.5) is 8.78 Å². The molecule has 3 heteroatoms. The lowest BCUT2D eigenvalue weighted by molar-refractivity contribution is 0.458. The fraction of sp³-hybridized carbons (Fsp3) is 0.571. The molecule has 0 saturated heterocycles. The lowest BCUT2D eigenvalue weighted by atomic mass is 9.96. The number of hydrogen-bond donors (Lipinski definition) is 1. The molecule has 1 aromatic rings. The SMILES string of the molecule is CCCNCC(CC)Cc1cc(F)cc(F)c1. The van der Waals surface area contributed by atoms with E-state index in [0.717, 1.165) is 44.0 Å². The molecule has 0 bridgehead atoms. The van der Waals surface area contributed by atoms with Crippen molar-refractivity contribution in [3.05, 3.63) is 35.4 Å². The summed E-state index contributed by atoms with van der Waals surface area (Å²) in [7, 11) is 0. The zero-order chi connectivity index (χ0) is 12.7. The van der Waals surface area contributed by atoms with Crippen molar-refractivity contribution in [2.45, 2.75) is 33.1 Å². The molecule has 0 fully saturated rings. The van der Waals surface area contributed by atoms with Crippen LogP contribution < -0.4 is 5.32 Å². The minimum Gasteiger partial charge on any atom is -0.316 e. The summed E-state index contributed by atoms with van der Waals surface area (Å²) in [6.45, 7) is 6.13. The van der Waals surface area contributed by atoms with Crippen LogP contribution in [0.2, 0.25) is 0 Å². The van der Waals surface area contributed by atoms with Crippen molar-refractivity contribution in [1.29, 1.82) is 0 Å². The van der Waals surface area contributed by atoms with Gasteiger partial charge in [0.05, 0.1) is 0 Å². The predicted molar refractivity (Wildman–Crippen MR) is 67.0 cm³/mol. The minimum absolute atomic E-state index is 0.433. The highest BCUT2D eigenvalue weighted by Crippen LogP contribution is 2.14. The molecule has 17 heavy (non-hydrogen) atoms. The Bertz CT molecular complexity index is 319. The first-order chi connectivity index (χ1) is 8.15. The Kier molecular flexibility index (Phi) is 6.12. The van der Waals surface area contributed by atoms with Crippen LogP contribution >= 0.6 is 0 Å². The summed E-state index contributed by atoms with van der Waals surface area (Å²) in [5.74, 6) is -0.546. The van der Waals surface area contributed by atoms with Gasteiger partial charge in [0.15, 0.2) is 0 Å². The molecule has 0 spiro atoms. The summed E-state index contributed by atoms with van der Waals surface area (Å²) >= 11 is 0. The van der Waals surface area contributed by atoms with Crippen LogP contribution in [0, 0.1) is 17.6 Å². The molecule has 0 heterocycles. The Morgan fingerprint density at radius 3 is 2.29 bits per heavy atom. The molecule has 1 unspecified atom stereocenters. The van der Waals surface area contributed by atoms with Gasteiger partial charge in [0.2, 0.25) is 0 Å². The first kappa shape index (κ1) is 14.1. The zero-order valence-electron chi connectivity index (χ0n) is 10.6. The third-order valence-electron chi connectivity index (χ3n) is 2.88. The van der Waals surface area contributed by atoms with Crippen LogP contribution in [0.5, 0.6) is 0 Å². The largest absolute Gasteiger partial charge is 0.316 e. The summed E-state index contributed by atoms with van der Waals surface area (Å²) < 4.78 is 26.1. The highest BCUT2D eigenvalue weighted by Gasteiger charge is 2.09. The van der Waals surface area contributed by atoms with E-state index in [1.54, 1.807) is 0 Å². The minimum atomic E-state index is -0.489. The van der Waals surface area contributed by atoms with Crippen molar-refractivity contribution in [1.82, 2.24) is 5.32 Å². The second-order valence-corrected chi connectivity index (χ2v) is 4.46. The van der Waals surface area contributed by atoms with E-state index in [1.807, 2.05) is 0 Å². The van der Waals surface area contributed by atoms with E-state index >= 15 is 0 Å². The van der Waals surface area contributed by atoms with Gasteiger partial charge < -0.3 is 5.32 Å². The van der Waals surface area contributed by atoms with Crippen LogP contribution in [0.1, 0.15) is 32.3 Å². The molecule has 1 aromatic carbocycles. The standard InChI is InChI=1S/C14H21F2N/c1-3-5-17-10-11(4-2)6-12-7-13(15)9-14(16)8-12/h7-9,11,17H,3-6,10H2,1-2H3. The monoisotopic (exact) mass is 241 g/mol. The molecule has 0 saturated carbocycles. The van der Waals surface area contributed by atoms with Crippen LogP contribution in [0.3, 0.4) is 0 Å². The smallest absolute Gasteiger partial charge is 0.126 e. The fourth-order valence-corrected chi connectivity index (χ4v) is 1.91. The molecule has 0 aromatic heterocycles. The summed E-state index contributed by atoms with van der Waals surface area (Å²) in [5, 5.41) is 3.35. The number of halogens is 2. The first-order valence-electron chi connectivity index (χ1n) is 6.31. The van der Waals surface area contributed by atoms with Gasteiger partial charge in [-0.25, -0.2) is 8.78 Å². The zero-order valence-corrected chi connectivity index (χ0v) is 10.6. The van der Waals surface area contributed by atoms with Gasteiger partial charge >= 0.3 is 0 Å². The molecule has 1 atom stereocenters. The van der Waals surface area contributed by atoms with Gasteiger partial charge in [0.1, 0.15) is 11.6 Å². The third-order valence-corrected chi connectivity index (χ3v) is 2.88. The second-order valence-electron chi connectivity index (χ2n) is 4.46. The molecule has 1 N–H and O–H groups in total. The molecule has 0 amide bonds. The average molecular weight is 241 g/mol. The van der Waals surface area contributed by atoms with E-state index in [1.165, 1.54) is 12.1 Å². The molecule has 0 aliphatic rings. The van der Waals surface area contributed by atoms with Crippen LogP contribution in [0.15, 0.2) is 18.2 Å². The normalized spacial score (nSPS) is 12.7. The summed E-state index contributed by atoms with van der Waals surface area (Å²) in [4.78, 5) is 0. The molecule has 0 radical (unpaired) electrons. The molecule has 1 rings (SSSR count). The van der Waals surface area contributed by atoms with E-state index in [4.69, 9.17) is 0 Å². The van der Waals surface area contributed by atoms with Crippen molar-refractivity contribution in [3.63, 3.8) is 0 Å². The van der Waals surface area contributed by atoms with Crippen LogP contribution in [0.25, 0.3) is 0 Å². The van der Waals surface area contributed by atoms with Gasteiger partial charge in [0.25, 0.3) is 0 Å². The van der Waals surface area contributed by atoms with Crippen LogP contribution in [-0.4, -0.2) is 13.1 Å².